The number of carbonyl (C=O) groups is 1. The molecule has 0 saturated carbocycles. The van der Waals surface area contributed by atoms with Crippen LogP contribution in [-0.2, 0) is 9.53 Å². The minimum Gasteiger partial charge on any atom is -0.464 e. The molecule has 1 aromatic heterocycles. The number of nitrogen functional groups attached to an aromatic ring is 1. The molecule has 5 heteroatoms. The minimum absolute atomic E-state index is 0.251. The minimum atomic E-state index is -0.418. The van der Waals surface area contributed by atoms with Gasteiger partial charge in [-0.05, 0) is 25.0 Å². The maximum Gasteiger partial charge on any atom is 0.329 e. The van der Waals surface area contributed by atoms with Crippen LogP contribution in [0.15, 0.2) is 24.3 Å². The Morgan fingerprint density at radius 1 is 1.42 bits per heavy atom. The fourth-order valence-electron chi connectivity index (χ4n) is 2.14. The molecule has 2 rings (SSSR count). The lowest BCUT2D eigenvalue weighted by atomic mass is 10.2. The monoisotopic (exact) mass is 261 g/mol. The van der Waals surface area contributed by atoms with Gasteiger partial charge in [0.1, 0.15) is 6.04 Å². The molecule has 2 aromatic rings. The average Bonchev–Trinajstić information content (AvgIpc) is 2.74. The number of carbonyl (C=O) groups excluding carboxylic acids is 1. The Kier molecular flexibility index (Phi) is 4.04. The Morgan fingerprint density at radius 2 is 2.16 bits per heavy atom. The van der Waals surface area contributed by atoms with Gasteiger partial charge < -0.3 is 10.5 Å². The summed E-state index contributed by atoms with van der Waals surface area (Å²) in [6.07, 6.45) is 1.43. The summed E-state index contributed by atoms with van der Waals surface area (Å²) in [5, 5.41) is 0. The SMILES string of the molecule is CCCOC(=O)C(CC)n1c(N)nc2ccccc21. The van der Waals surface area contributed by atoms with Gasteiger partial charge in [-0.3, -0.25) is 4.57 Å². The zero-order valence-electron chi connectivity index (χ0n) is 11.3. The van der Waals surface area contributed by atoms with Gasteiger partial charge in [-0.1, -0.05) is 26.0 Å². The van der Waals surface area contributed by atoms with Crippen LogP contribution >= 0.6 is 0 Å². The third-order valence-electron chi connectivity index (χ3n) is 3.04. The quantitative estimate of drug-likeness (QED) is 0.840. The van der Waals surface area contributed by atoms with Gasteiger partial charge in [0.05, 0.1) is 17.6 Å². The second-order valence-corrected chi connectivity index (χ2v) is 4.42. The van der Waals surface area contributed by atoms with E-state index in [0.29, 0.717) is 19.0 Å². The highest BCUT2D eigenvalue weighted by atomic mass is 16.5. The molecule has 0 amide bonds. The lowest BCUT2D eigenvalue weighted by molar-refractivity contribution is -0.147. The highest BCUT2D eigenvalue weighted by molar-refractivity contribution is 5.83. The van der Waals surface area contributed by atoms with Gasteiger partial charge in [-0.15, -0.1) is 0 Å². The topological polar surface area (TPSA) is 70.1 Å². The van der Waals surface area contributed by atoms with Crippen LogP contribution < -0.4 is 5.73 Å². The smallest absolute Gasteiger partial charge is 0.329 e. The molecule has 0 aliphatic rings. The van der Waals surface area contributed by atoms with Crippen molar-refractivity contribution in [3.8, 4) is 0 Å². The lowest BCUT2D eigenvalue weighted by Crippen LogP contribution is -2.23. The molecule has 102 valence electrons. The lowest BCUT2D eigenvalue weighted by Gasteiger charge is -2.17. The van der Waals surface area contributed by atoms with Crippen LogP contribution in [-0.4, -0.2) is 22.1 Å². The number of anilines is 1. The number of imidazole rings is 1. The Labute approximate surface area is 112 Å². The standard InChI is InChI=1S/C14H19N3O2/c1-3-9-19-13(18)11(4-2)17-12-8-6-5-7-10(12)16-14(17)15/h5-8,11H,3-4,9H2,1-2H3,(H2,15,16). The Hall–Kier alpha value is -2.04. The normalized spacial score (nSPS) is 12.5. The second kappa shape index (κ2) is 5.73. The van der Waals surface area contributed by atoms with Gasteiger partial charge in [0.25, 0.3) is 0 Å². The first-order valence-corrected chi connectivity index (χ1v) is 6.58. The van der Waals surface area contributed by atoms with Gasteiger partial charge in [0.2, 0.25) is 5.95 Å². The van der Waals surface area contributed by atoms with E-state index in [9.17, 15) is 4.79 Å². The third kappa shape index (κ3) is 2.54. The van der Waals surface area contributed by atoms with E-state index < -0.39 is 6.04 Å². The molecule has 0 fully saturated rings. The van der Waals surface area contributed by atoms with Crippen molar-refractivity contribution >= 4 is 23.0 Å². The first kappa shape index (κ1) is 13.4. The molecule has 0 saturated heterocycles. The number of fused-ring (bicyclic) bond motifs is 1. The number of nitrogens with two attached hydrogens (primary N) is 1. The Balaban J connectivity index is 2.40. The summed E-state index contributed by atoms with van der Waals surface area (Å²) in [5.74, 6) is 0.0979. The van der Waals surface area contributed by atoms with E-state index in [-0.39, 0.29) is 5.97 Å². The molecule has 1 unspecified atom stereocenters. The molecule has 0 radical (unpaired) electrons. The molecule has 0 aliphatic heterocycles. The zero-order chi connectivity index (χ0) is 13.8. The number of rotatable bonds is 5. The number of aromatic nitrogens is 2. The largest absolute Gasteiger partial charge is 0.464 e. The van der Waals surface area contributed by atoms with E-state index in [1.165, 1.54) is 0 Å². The summed E-state index contributed by atoms with van der Waals surface area (Å²) in [4.78, 5) is 16.4. The van der Waals surface area contributed by atoms with Crippen LogP contribution in [0, 0.1) is 0 Å². The fraction of sp³-hybridized carbons (Fsp3) is 0.429. The summed E-state index contributed by atoms with van der Waals surface area (Å²) in [7, 11) is 0. The highest BCUT2D eigenvalue weighted by Crippen LogP contribution is 2.25. The van der Waals surface area contributed by atoms with Gasteiger partial charge in [-0.25, -0.2) is 9.78 Å². The number of hydrogen-bond acceptors (Lipinski definition) is 4. The van der Waals surface area contributed by atoms with E-state index in [1.807, 2.05) is 38.1 Å². The zero-order valence-corrected chi connectivity index (χ0v) is 11.3. The molecular weight excluding hydrogens is 242 g/mol. The van der Waals surface area contributed by atoms with Crippen LogP contribution in [0.4, 0.5) is 5.95 Å². The molecule has 1 atom stereocenters. The molecule has 19 heavy (non-hydrogen) atoms. The molecule has 2 N–H and O–H groups in total. The molecule has 1 aromatic carbocycles. The predicted molar refractivity (Wildman–Crippen MR) is 74.7 cm³/mol. The van der Waals surface area contributed by atoms with Gasteiger partial charge in [0, 0.05) is 0 Å². The van der Waals surface area contributed by atoms with E-state index in [1.54, 1.807) is 4.57 Å². The van der Waals surface area contributed by atoms with Crippen molar-refractivity contribution in [2.45, 2.75) is 32.7 Å². The van der Waals surface area contributed by atoms with E-state index in [2.05, 4.69) is 4.98 Å². The summed E-state index contributed by atoms with van der Waals surface area (Å²) in [5.41, 5.74) is 7.59. The van der Waals surface area contributed by atoms with E-state index in [0.717, 1.165) is 17.5 Å². The van der Waals surface area contributed by atoms with Gasteiger partial charge in [0.15, 0.2) is 0 Å². The van der Waals surface area contributed by atoms with Gasteiger partial charge in [-0.2, -0.15) is 0 Å². The third-order valence-corrected chi connectivity index (χ3v) is 3.04. The van der Waals surface area contributed by atoms with Crippen molar-refractivity contribution in [3.63, 3.8) is 0 Å². The fourth-order valence-corrected chi connectivity index (χ4v) is 2.14. The maximum absolute atomic E-state index is 12.1. The van der Waals surface area contributed by atoms with Crippen molar-refractivity contribution in [3.05, 3.63) is 24.3 Å². The van der Waals surface area contributed by atoms with Crippen LogP contribution in [0.5, 0.6) is 0 Å². The van der Waals surface area contributed by atoms with Crippen molar-refractivity contribution < 1.29 is 9.53 Å². The van der Waals surface area contributed by atoms with Crippen LogP contribution in [0.2, 0.25) is 0 Å². The second-order valence-electron chi connectivity index (χ2n) is 4.42. The number of benzene rings is 1. The molecule has 0 bridgehead atoms. The van der Waals surface area contributed by atoms with Crippen molar-refractivity contribution in [2.24, 2.45) is 0 Å². The Bertz CT molecular complexity index is 577. The Morgan fingerprint density at radius 3 is 2.84 bits per heavy atom. The van der Waals surface area contributed by atoms with Crippen LogP contribution in [0.1, 0.15) is 32.7 Å². The average molecular weight is 261 g/mol. The number of hydrogen-bond donors (Lipinski definition) is 1. The molecule has 0 aliphatic carbocycles. The summed E-state index contributed by atoms with van der Waals surface area (Å²) in [6.45, 7) is 4.34. The first-order valence-electron chi connectivity index (χ1n) is 6.58. The highest BCUT2D eigenvalue weighted by Gasteiger charge is 2.24. The number of nitrogens with zero attached hydrogens (tertiary/aromatic N) is 2. The summed E-state index contributed by atoms with van der Waals surface area (Å²) in [6, 6.07) is 7.18. The van der Waals surface area contributed by atoms with E-state index in [4.69, 9.17) is 10.5 Å². The first-order chi connectivity index (χ1) is 9.19. The number of para-hydroxylation sites is 2. The summed E-state index contributed by atoms with van der Waals surface area (Å²) >= 11 is 0. The maximum atomic E-state index is 12.1. The summed E-state index contributed by atoms with van der Waals surface area (Å²) < 4.78 is 6.99. The molecule has 0 spiro atoms. The predicted octanol–water partition coefficient (Wildman–Crippen LogP) is 2.52. The van der Waals surface area contributed by atoms with Crippen LogP contribution in [0.25, 0.3) is 11.0 Å². The van der Waals surface area contributed by atoms with Crippen molar-refractivity contribution in [1.29, 1.82) is 0 Å². The number of ether oxygens (including phenoxy) is 1. The van der Waals surface area contributed by atoms with Crippen molar-refractivity contribution in [1.82, 2.24) is 9.55 Å². The molecular formula is C14H19N3O2. The van der Waals surface area contributed by atoms with Crippen molar-refractivity contribution in [2.75, 3.05) is 12.3 Å². The molecule has 5 nitrogen and oxygen atoms in total. The molecule has 1 heterocycles. The van der Waals surface area contributed by atoms with Gasteiger partial charge >= 0.3 is 5.97 Å². The van der Waals surface area contributed by atoms with Crippen LogP contribution in [0.3, 0.4) is 0 Å². The number of esters is 1. The van der Waals surface area contributed by atoms with E-state index >= 15 is 0 Å².